The zero-order valence-electron chi connectivity index (χ0n) is 15.1. The second-order valence-corrected chi connectivity index (χ2v) is 6.21. The summed E-state index contributed by atoms with van der Waals surface area (Å²) in [6.45, 7) is 5.76. The molecule has 0 rings (SSSR count). The predicted molar refractivity (Wildman–Crippen MR) is 93.6 cm³/mol. The van der Waals surface area contributed by atoms with E-state index in [0.29, 0.717) is 13.1 Å². The Morgan fingerprint density at radius 2 is 1.13 bits per heavy atom. The van der Waals surface area contributed by atoms with Gasteiger partial charge in [-0.25, -0.2) is 4.79 Å². The molecule has 0 heterocycles. The normalized spacial score (nSPS) is 10.9. The maximum absolute atomic E-state index is 11.4. The molecular weight excluding hydrogens is 292 g/mol. The van der Waals surface area contributed by atoms with Crippen LogP contribution in [0, 0.1) is 0 Å². The van der Waals surface area contributed by atoms with Crippen molar-refractivity contribution >= 4 is 11.9 Å². The summed E-state index contributed by atoms with van der Waals surface area (Å²) in [7, 11) is 0. The summed E-state index contributed by atoms with van der Waals surface area (Å²) >= 11 is 0. The summed E-state index contributed by atoms with van der Waals surface area (Å²) in [6, 6.07) is 0. The zero-order valence-corrected chi connectivity index (χ0v) is 15.1. The van der Waals surface area contributed by atoms with Gasteiger partial charge in [0.1, 0.15) is 0 Å². The Morgan fingerprint density at radius 1 is 0.739 bits per heavy atom. The minimum Gasteiger partial charge on any atom is -0.360 e. The molecule has 0 aliphatic carbocycles. The van der Waals surface area contributed by atoms with Crippen LogP contribution in [0.1, 0.15) is 90.9 Å². The Balaban J connectivity index is 3.94. The largest absolute Gasteiger partial charge is 0.415 e. The van der Waals surface area contributed by atoms with Crippen molar-refractivity contribution in [2.75, 3.05) is 13.1 Å². The van der Waals surface area contributed by atoms with E-state index in [0.717, 1.165) is 25.7 Å². The molecule has 0 bridgehead atoms. The van der Waals surface area contributed by atoms with Gasteiger partial charge in [0.25, 0.3) is 0 Å². The molecule has 2 N–H and O–H groups in total. The van der Waals surface area contributed by atoms with Crippen LogP contribution in [0.3, 0.4) is 0 Å². The third-order valence-electron chi connectivity index (χ3n) is 3.94. The van der Waals surface area contributed by atoms with Crippen LogP contribution in [0.15, 0.2) is 0 Å². The van der Waals surface area contributed by atoms with Crippen molar-refractivity contribution in [3.8, 4) is 0 Å². The van der Waals surface area contributed by atoms with Crippen molar-refractivity contribution in [2.24, 2.45) is 5.73 Å². The fourth-order valence-electron chi connectivity index (χ4n) is 2.50. The van der Waals surface area contributed by atoms with Gasteiger partial charge in [-0.15, -0.1) is 5.06 Å². The van der Waals surface area contributed by atoms with Crippen LogP contribution >= 0.6 is 0 Å². The van der Waals surface area contributed by atoms with Gasteiger partial charge in [-0.2, -0.15) is 0 Å². The molecule has 0 saturated heterocycles. The van der Waals surface area contributed by atoms with Gasteiger partial charge in [0.2, 0.25) is 0 Å². The number of nitrogens with zero attached hydrogens (tertiary/aromatic N) is 1. The molecule has 0 aliphatic rings. The summed E-state index contributed by atoms with van der Waals surface area (Å²) in [5.74, 6) is -1.98. The molecule has 5 nitrogen and oxygen atoms in total. The molecule has 0 fully saturated rings. The highest BCUT2D eigenvalue weighted by molar-refractivity contribution is 6.31. The molecule has 0 aromatic heterocycles. The molecular formula is C18H36N2O3. The number of hydrogen-bond donors (Lipinski definition) is 1. The topological polar surface area (TPSA) is 72.6 Å². The average molecular weight is 328 g/mol. The predicted octanol–water partition coefficient (Wildman–Crippen LogP) is 3.95. The number of carbonyl (C=O) groups excluding carboxylic acids is 2. The highest BCUT2D eigenvalue weighted by Gasteiger charge is 2.16. The molecule has 0 radical (unpaired) electrons. The van der Waals surface area contributed by atoms with Crippen molar-refractivity contribution < 1.29 is 14.4 Å². The smallest absolute Gasteiger partial charge is 0.360 e. The van der Waals surface area contributed by atoms with Crippen molar-refractivity contribution in [2.45, 2.75) is 90.9 Å². The number of nitrogens with two attached hydrogens (primary N) is 1. The molecule has 23 heavy (non-hydrogen) atoms. The van der Waals surface area contributed by atoms with Crippen LogP contribution in [0.2, 0.25) is 0 Å². The molecule has 5 heteroatoms. The molecule has 0 aromatic rings. The molecule has 1 amide bonds. The average Bonchev–Trinajstić information content (AvgIpc) is 2.53. The van der Waals surface area contributed by atoms with E-state index in [1.54, 1.807) is 5.06 Å². The van der Waals surface area contributed by atoms with Gasteiger partial charge in [-0.05, 0) is 12.8 Å². The fraction of sp³-hybridized carbons (Fsp3) is 0.889. The lowest BCUT2D eigenvalue weighted by atomic mass is 10.1. The standard InChI is InChI=1S/C18H36N2O3/c1-3-5-7-9-11-13-15-20(23-18(22)17(19)21)16-14-12-10-8-6-4-2/h3-16H2,1-2H3,(H2,19,21). The summed E-state index contributed by atoms with van der Waals surface area (Å²) in [4.78, 5) is 27.3. The molecule has 0 atom stereocenters. The highest BCUT2D eigenvalue weighted by atomic mass is 16.7. The van der Waals surface area contributed by atoms with Gasteiger partial charge in [-0.1, -0.05) is 78.1 Å². The van der Waals surface area contributed by atoms with E-state index in [2.05, 4.69) is 13.8 Å². The van der Waals surface area contributed by atoms with Gasteiger partial charge >= 0.3 is 11.9 Å². The second kappa shape index (κ2) is 15.8. The van der Waals surface area contributed by atoms with E-state index >= 15 is 0 Å². The van der Waals surface area contributed by atoms with Crippen molar-refractivity contribution in [1.29, 1.82) is 0 Å². The summed E-state index contributed by atoms with van der Waals surface area (Å²) in [5, 5.41) is 1.62. The number of hydrogen-bond acceptors (Lipinski definition) is 4. The van der Waals surface area contributed by atoms with Gasteiger partial charge in [0, 0.05) is 13.1 Å². The van der Waals surface area contributed by atoms with Crippen LogP contribution in [0.4, 0.5) is 0 Å². The lowest BCUT2D eigenvalue weighted by molar-refractivity contribution is -0.192. The maximum atomic E-state index is 11.4. The Kier molecular flexibility index (Phi) is 15.0. The lowest BCUT2D eigenvalue weighted by Gasteiger charge is -2.20. The SMILES string of the molecule is CCCCCCCCN(CCCCCCCC)OC(=O)C(N)=O. The summed E-state index contributed by atoms with van der Waals surface area (Å²) < 4.78 is 0. The summed E-state index contributed by atoms with van der Waals surface area (Å²) in [6.07, 6.45) is 14.2. The van der Waals surface area contributed by atoms with E-state index < -0.39 is 11.9 Å². The van der Waals surface area contributed by atoms with Crippen molar-refractivity contribution in [1.82, 2.24) is 5.06 Å². The molecule has 0 spiro atoms. The van der Waals surface area contributed by atoms with Crippen LogP contribution in [-0.2, 0) is 14.4 Å². The highest BCUT2D eigenvalue weighted by Crippen LogP contribution is 2.09. The van der Waals surface area contributed by atoms with Crippen molar-refractivity contribution in [3.05, 3.63) is 0 Å². The molecule has 136 valence electrons. The Labute approximate surface area is 141 Å². The first-order valence-electron chi connectivity index (χ1n) is 9.38. The van der Waals surface area contributed by atoms with Gasteiger partial charge < -0.3 is 10.6 Å². The van der Waals surface area contributed by atoms with Gasteiger partial charge in [-0.3, -0.25) is 4.79 Å². The molecule has 0 aliphatic heterocycles. The number of amides is 1. The monoisotopic (exact) mass is 328 g/mol. The van der Waals surface area contributed by atoms with Crippen LogP contribution in [-0.4, -0.2) is 30.0 Å². The number of primary amides is 1. The number of hydroxylamine groups is 2. The van der Waals surface area contributed by atoms with E-state index in [1.165, 1.54) is 51.4 Å². The second-order valence-electron chi connectivity index (χ2n) is 6.21. The number of unbranched alkanes of at least 4 members (excludes halogenated alkanes) is 10. The first-order chi connectivity index (χ1) is 11.1. The zero-order chi connectivity index (χ0) is 17.3. The van der Waals surface area contributed by atoms with E-state index in [1.807, 2.05) is 0 Å². The van der Waals surface area contributed by atoms with Crippen LogP contribution in [0.25, 0.3) is 0 Å². The lowest BCUT2D eigenvalue weighted by Crippen LogP contribution is -2.35. The number of carbonyl (C=O) groups is 2. The van der Waals surface area contributed by atoms with Crippen LogP contribution < -0.4 is 5.73 Å². The minimum atomic E-state index is -1.03. The summed E-state index contributed by atoms with van der Waals surface area (Å²) in [5.41, 5.74) is 4.96. The first-order valence-corrected chi connectivity index (χ1v) is 9.38. The fourth-order valence-corrected chi connectivity index (χ4v) is 2.50. The third kappa shape index (κ3) is 14.2. The van der Waals surface area contributed by atoms with Crippen LogP contribution in [0.5, 0.6) is 0 Å². The Morgan fingerprint density at radius 3 is 1.52 bits per heavy atom. The Bertz CT molecular complexity index is 293. The first kappa shape index (κ1) is 21.9. The van der Waals surface area contributed by atoms with Crippen molar-refractivity contribution in [3.63, 3.8) is 0 Å². The molecule has 0 aromatic carbocycles. The Hall–Kier alpha value is -1.10. The van der Waals surface area contributed by atoms with Gasteiger partial charge in [0.15, 0.2) is 0 Å². The van der Waals surface area contributed by atoms with Gasteiger partial charge in [0.05, 0.1) is 0 Å². The maximum Gasteiger partial charge on any atom is 0.415 e. The molecule has 0 unspecified atom stereocenters. The number of rotatable bonds is 15. The van der Waals surface area contributed by atoms with E-state index in [9.17, 15) is 9.59 Å². The quantitative estimate of drug-likeness (QED) is 0.281. The molecule has 0 saturated carbocycles. The van der Waals surface area contributed by atoms with E-state index in [-0.39, 0.29) is 0 Å². The van der Waals surface area contributed by atoms with E-state index in [4.69, 9.17) is 10.6 Å². The third-order valence-corrected chi connectivity index (χ3v) is 3.94. The minimum absolute atomic E-state index is 0.681.